The highest BCUT2D eigenvalue weighted by molar-refractivity contribution is 5.86. The van der Waals surface area contributed by atoms with Gasteiger partial charge in [-0.2, -0.15) is 0 Å². The zero-order valence-corrected chi connectivity index (χ0v) is 7.80. The molecule has 2 heteroatoms. The molecule has 0 aromatic carbocycles. The smallest absolute Gasteiger partial charge is 0.138 e. The van der Waals surface area contributed by atoms with Crippen molar-refractivity contribution in [2.24, 2.45) is 11.8 Å². The molecular weight excluding hydrogens is 152 g/mol. The molecule has 0 N–H and O–H groups in total. The number of rotatable bonds is 2. The molecule has 1 fully saturated rings. The Hall–Kier alpha value is -0.660. The molecule has 0 bridgehead atoms. The molecule has 2 nitrogen and oxygen atoms in total. The SMILES string of the molecule is CC(C)C(=O)C1CCC(=O)CC1. The Morgan fingerprint density at radius 2 is 1.83 bits per heavy atom. The molecular formula is C10H16O2. The Kier molecular flexibility index (Phi) is 3.01. The first-order chi connectivity index (χ1) is 5.61. The van der Waals surface area contributed by atoms with Crippen molar-refractivity contribution >= 4 is 11.6 Å². The molecule has 1 aliphatic rings. The normalized spacial score (nSPS) is 20.1. The number of hydrogen-bond donors (Lipinski definition) is 0. The molecule has 0 aromatic rings. The molecule has 0 atom stereocenters. The minimum Gasteiger partial charge on any atom is -0.300 e. The van der Waals surface area contributed by atoms with Crippen molar-refractivity contribution < 1.29 is 9.59 Å². The Labute approximate surface area is 73.3 Å². The number of carbonyl (C=O) groups excluding carboxylic acids is 2. The Balaban J connectivity index is 2.44. The molecule has 68 valence electrons. The number of Topliss-reactive ketones (excluding diaryl/α,β-unsaturated/α-hetero) is 2. The lowest BCUT2D eigenvalue weighted by Crippen LogP contribution is -2.25. The summed E-state index contributed by atoms with van der Waals surface area (Å²) in [4.78, 5) is 22.4. The largest absolute Gasteiger partial charge is 0.300 e. The van der Waals surface area contributed by atoms with E-state index in [4.69, 9.17) is 0 Å². The molecule has 0 radical (unpaired) electrons. The zero-order valence-electron chi connectivity index (χ0n) is 7.80. The van der Waals surface area contributed by atoms with E-state index in [0.717, 1.165) is 12.8 Å². The van der Waals surface area contributed by atoms with Crippen LogP contribution in [0.2, 0.25) is 0 Å². The van der Waals surface area contributed by atoms with E-state index in [9.17, 15) is 9.59 Å². The average Bonchev–Trinajstić information content (AvgIpc) is 2.04. The summed E-state index contributed by atoms with van der Waals surface area (Å²) in [6, 6.07) is 0. The topological polar surface area (TPSA) is 34.1 Å². The van der Waals surface area contributed by atoms with Gasteiger partial charge in [-0.15, -0.1) is 0 Å². The van der Waals surface area contributed by atoms with Gasteiger partial charge in [0.1, 0.15) is 11.6 Å². The standard InChI is InChI=1S/C10H16O2/c1-7(2)10(12)8-3-5-9(11)6-4-8/h7-8H,3-6H2,1-2H3. The fourth-order valence-electron chi connectivity index (χ4n) is 1.70. The van der Waals surface area contributed by atoms with Gasteiger partial charge in [0.2, 0.25) is 0 Å². The maximum atomic E-state index is 11.5. The lowest BCUT2D eigenvalue weighted by molar-refractivity contribution is -0.129. The van der Waals surface area contributed by atoms with Gasteiger partial charge in [-0.25, -0.2) is 0 Å². The van der Waals surface area contributed by atoms with Crippen molar-refractivity contribution in [1.29, 1.82) is 0 Å². The number of hydrogen-bond acceptors (Lipinski definition) is 2. The molecule has 0 saturated heterocycles. The predicted molar refractivity (Wildman–Crippen MR) is 46.8 cm³/mol. The molecule has 12 heavy (non-hydrogen) atoms. The molecule has 0 unspecified atom stereocenters. The van der Waals surface area contributed by atoms with Gasteiger partial charge in [0.05, 0.1) is 0 Å². The monoisotopic (exact) mass is 168 g/mol. The zero-order chi connectivity index (χ0) is 9.14. The van der Waals surface area contributed by atoms with E-state index in [-0.39, 0.29) is 11.8 Å². The van der Waals surface area contributed by atoms with Crippen LogP contribution in [-0.2, 0) is 9.59 Å². The van der Waals surface area contributed by atoms with Crippen molar-refractivity contribution in [1.82, 2.24) is 0 Å². The first kappa shape index (κ1) is 9.43. The summed E-state index contributed by atoms with van der Waals surface area (Å²) in [6.07, 6.45) is 2.80. The van der Waals surface area contributed by atoms with Gasteiger partial charge >= 0.3 is 0 Å². The quantitative estimate of drug-likeness (QED) is 0.631. The maximum absolute atomic E-state index is 11.5. The van der Waals surface area contributed by atoms with Gasteiger partial charge in [-0.3, -0.25) is 9.59 Å². The van der Waals surface area contributed by atoms with Crippen LogP contribution in [-0.4, -0.2) is 11.6 Å². The van der Waals surface area contributed by atoms with Crippen LogP contribution < -0.4 is 0 Å². The van der Waals surface area contributed by atoms with Crippen LogP contribution in [0.3, 0.4) is 0 Å². The summed E-state index contributed by atoms with van der Waals surface area (Å²) in [5, 5.41) is 0. The molecule has 0 spiro atoms. The van der Waals surface area contributed by atoms with E-state index in [1.807, 2.05) is 13.8 Å². The van der Waals surface area contributed by atoms with Gasteiger partial charge in [-0.05, 0) is 12.8 Å². The van der Waals surface area contributed by atoms with E-state index in [0.29, 0.717) is 24.4 Å². The van der Waals surface area contributed by atoms with Gasteiger partial charge in [0.15, 0.2) is 0 Å². The summed E-state index contributed by atoms with van der Waals surface area (Å²) in [6.45, 7) is 3.86. The van der Waals surface area contributed by atoms with Crippen LogP contribution in [0.5, 0.6) is 0 Å². The molecule has 1 aliphatic carbocycles. The van der Waals surface area contributed by atoms with Crippen LogP contribution in [0.1, 0.15) is 39.5 Å². The Morgan fingerprint density at radius 3 is 2.25 bits per heavy atom. The second-order valence-electron chi connectivity index (χ2n) is 3.87. The van der Waals surface area contributed by atoms with Crippen LogP contribution in [0.4, 0.5) is 0 Å². The number of ketones is 2. The highest BCUT2D eigenvalue weighted by Crippen LogP contribution is 2.24. The predicted octanol–water partition coefficient (Wildman–Crippen LogP) is 1.97. The minimum absolute atomic E-state index is 0.128. The first-order valence-electron chi connectivity index (χ1n) is 4.66. The van der Waals surface area contributed by atoms with Crippen molar-refractivity contribution in [2.45, 2.75) is 39.5 Å². The Morgan fingerprint density at radius 1 is 1.33 bits per heavy atom. The van der Waals surface area contributed by atoms with E-state index in [1.165, 1.54) is 0 Å². The Bertz CT molecular complexity index is 184. The second kappa shape index (κ2) is 3.83. The second-order valence-corrected chi connectivity index (χ2v) is 3.87. The summed E-state index contributed by atoms with van der Waals surface area (Å²) in [5.74, 6) is 0.955. The molecule has 0 aliphatic heterocycles. The van der Waals surface area contributed by atoms with Gasteiger partial charge in [0.25, 0.3) is 0 Å². The third-order valence-corrected chi connectivity index (χ3v) is 2.51. The highest BCUT2D eigenvalue weighted by atomic mass is 16.1. The third-order valence-electron chi connectivity index (χ3n) is 2.51. The van der Waals surface area contributed by atoms with Crippen LogP contribution in [0, 0.1) is 11.8 Å². The minimum atomic E-state index is 0.128. The molecule has 0 amide bonds. The summed E-state index contributed by atoms with van der Waals surface area (Å²) in [7, 11) is 0. The van der Waals surface area contributed by atoms with E-state index in [1.54, 1.807) is 0 Å². The summed E-state index contributed by atoms with van der Waals surface area (Å²) < 4.78 is 0. The van der Waals surface area contributed by atoms with Crippen molar-refractivity contribution in [3.8, 4) is 0 Å². The fourth-order valence-corrected chi connectivity index (χ4v) is 1.70. The molecule has 0 aromatic heterocycles. The van der Waals surface area contributed by atoms with E-state index >= 15 is 0 Å². The highest BCUT2D eigenvalue weighted by Gasteiger charge is 2.25. The fraction of sp³-hybridized carbons (Fsp3) is 0.800. The van der Waals surface area contributed by atoms with Gasteiger partial charge in [0, 0.05) is 24.7 Å². The lowest BCUT2D eigenvalue weighted by atomic mass is 9.82. The van der Waals surface area contributed by atoms with Crippen LogP contribution in [0.15, 0.2) is 0 Å². The molecule has 1 saturated carbocycles. The van der Waals surface area contributed by atoms with Crippen molar-refractivity contribution in [3.63, 3.8) is 0 Å². The molecule has 1 rings (SSSR count). The average molecular weight is 168 g/mol. The first-order valence-corrected chi connectivity index (χ1v) is 4.66. The number of carbonyl (C=O) groups is 2. The van der Waals surface area contributed by atoms with Crippen LogP contribution >= 0.6 is 0 Å². The summed E-state index contributed by atoms with van der Waals surface area (Å²) in [5.41, 5.74) is 0. The molecule has 0 heterocycles. The van der Waals surface area contributed by atoms with Crippen molar-refractivity contribution in [2.75, 3.05) is 0 Å². The van der Waals surface area contributed by atoms with Gasteiger partial charge in [-0.1, -0.05) is 13.8 Å². The summed E-state index contributed by atoms with van der Waals surface area (Å²) >= 11 is 0. The van der Waals surface area contributed by atoms with E-state index < -0.39 is 0 Å². The third kappa shape index (κ3) is 2.16. The van der Waals surface area contributed by atoms with Gasteiger partial charge < -0.3 is 0 Å². The van der Waals surface area contributed by atoms with Crippen LogP contribution in [0.25, 0.3) is 0 Å². The van der Waals surface area contributed by atoms with E-state index in [2.05, 4.69) is 0 Å². The lowest BCUT2D eigenvalue weighted by Gasteiger charge is -2.21. The van der Waals surface area contributed by atoms with Crippen molar-refractivity contribution in [3.05, 3.63) is 0 Å². The maximum Gasteiger partial charge on any atom is 0.138 e.